The maximum absolute atomic E-state index is 13.0. The Morgan fingerprint density at radius 3 is 2.53 bits per heavy atom. The third-order valence-electron chi connectivity index (χ3n) is 4.03. The van der Waals surface area contributed by atoms with Crippen LogP contribution in [0.3, 0.4) is 0 Å². The lowest BCUT2D eigenvalue weighted by Gasteiger charge is -2.19. The van der Waals surface area contributed by atoms with Crippen LogP contribution in [0.4, 0.5) is 24.0 Å². The zero-order chi connectivity index (χ0) is 23.3. The SMILES string of the molecule is CC(=O)N(c1cccc(C(F)(F)F)c1)c1nc(COC(=O)COc2ccc(Cl)cc2)cs1. The molecule has 0 aliphatic heterocycles. The highest BCUT2D eigenvalue weighted by atomic mass is 35.5. The molecule has 1 amide bonds. The number of rotatable bonds is 7. The molecule has 1 heterocycles. The summed E-state index contributed by atoms with van der Waals surface area (Å²) in [4.78, 5) is 29.3. The van der Waals surface area contributed by atoms with Crippen LogP contribution in [0.5, 0.6) is 5.75 Å². The normalized spacial score (nSPS) is 11.2. The number of alkyl halides is 3. The summed E-state index contributed by atoms with van der Waals surface area (Å²) in [7, 11) is 0. The average molecular weight is 485 g/mol. The van der Waals surface area contributed by atoms with Crippen LogP contribution in [0, 0.1) is 0 Å². The molecular weight excluding hydrogens is 469 g/mol. The lowest BCUT2D eigenvalue weighted by molar-refractivity contribution is -0.147. The van der Waals surface area contributed by atoms with Crippen molar-refractivity contribution in [3.63, 3.8) is 0 Å². The lowest BCUT2D eigenvalue weighted by atomic mass is 10.2. The van der Waals surface area contributed by atoms with Gasteiger partial charge >= 0.3 is 12.1 Å². The molecule has 6 nitrogen and oxygen atoms in total. The molecule has 3 rings (SSSR count). The predicted octanol–water partition coefficient (Wildman–Crippen LogP) is 5.62. The minimum Gasteiger partial charge on any atom is -0.482 e. The van der Waals surface area contributed by atoms with E-state index in [2.05, 4.69) is 4.98 Å². The second kappa shape index (κ2) is 10.0. The number of halogens is 4. The van der Waals surface area contributed by atoms with Gasteiger partial charge in [-0.25, -0.2) is 9.78 Å². The third kappa shape index (κ3) is 6.21. The number of amides is 1. The molecule has 0 saturated carbocycles. The van der Waals surface area contributed by atoms with Crippen LogP contribution >= 0.6 is 22.9 Å². The number of hydrogen-bond acceptors (Lipinski definition) is 6. The number of thiazole rings is 1. The molecule has 3 aromatic rings. The fourth-order valence-electron chi connectivity index (χ4n) is 2.58. The fourth-order valence-corrected chi connectivity index (χ4v) is 3.58. The van der Waals surface area contributed by atoms with Gasteiger partial charge in [-0.05, 0) is 42.5 Å². The van der Waals surface area contributed by atoms with Crippen LogP contribution in [-0.2, 0) is 27.1 Å². The van der Waals surface area contributed by atoms with Gasteiger partial charge in [-0.1, -0.05) is 17.7 Å². The van der Waals surface area contributed by atoms with E-state index in [0.29, 0.717) is 16.5 Å². The summed E-state index contributed by atoms with van der Waals surface area (Å²) in [6.45, 7) is 0.700. The van der Waals surface area contributed by atoms with E-state index in [0.717, 1.165) is 28.4 Å². The van der Waals surface area contributed by atoms with Gasteiger partial charge in [-0.15, -0.1) is 11.3 Å². The van der Waals surface area contributed by atoms with Crippen molar-refractivity contribution in [1.82, 2.24) is 4.98 Å². The first-order chi connectivity index (χ1) is 15.1. The Morgan fingerprint density at radius 1 is 1.16 bits per heavy atom. The Balaban J connectivity index is 1.63. The first-order valence-corrected chi connectivity index (χ1v) is 10.4. The third-order valence-corrected chi connectivity index (χ3v) is 5.16. The summed E-state index contributed by atoms with van der Waals surface area (Å²) in [5, 5.41) is 2.23. The standard InChI is InChI=1S/C21H16ClF3N2O4S/c1-13(28)27(17-4-2-3-14(9-17)21(23,24)25)20-26-16(12-32-20)10-31-19(29)11-30-18-7-5-15(22)6-8-18/h2-9,12H,10-11H2,1H3. The number of anilines is 2. The molecule has 0 aliphatic rings. The summed E-state index contributed by atoms with van der Waals surface area (Å²) in [5.41, 5.74) is -0.516. The van der Waals surface area contributed by atoms with Gasteiger partial charge < -0.3 is 9.47 Å². The summed E-state index contributed by atoms with van der Waals surface area (Å²) in [6.07, 6.45) is -4.55. The highest BCUT2D eigenvalue weighted by Gasteiger charge is 2.31. The number of ether oxygens (including phenoxy) is 2. The van der Waals surface area contributed by atoms with Gasteiger partial charge in [0, 0.05) is 17.3 Å². The van der Waals surface area contributed by atoms with E-state index < -0.39 is 23.6 Å². The van der Waals surface area contributed by atoms with Crippen LogP contribution in [-0.4, -0.2) is 23.5 Å². The highest BCUT2D eigenvalue weighted by molar-refractivity contribution is 7.14. The molecule has 1 aromatic heterocycles. The van der Waals surface area contributed by atoms with Gasteiger partial charge in [0.1, 0.15) is 12.4 Å². The number of carbonyl (C=O) groups excluding carboxylic acids is 2. The molecule has 0 bridgehead atoms. The maximum Gasteiger partial charge on any atom is 0.416 e. The zero-order valence-electron chi connectivity index (χ0n) is 16.6. The van der Waals surface area contributed by atoms with Crippen LogP contribution in [0.15, 0.2) is 53.9 Å². The monoisotopic (exact) mass is 484 g/mol. The highest BCUT2D eigenvalue weighted by Crippen LogP contribution is 2.35. The molecule has 0 atom stereocenters. The Morgan fingerprint density at radius 2 is 1.88 bits per heavy atom. The number of benzene rings is 2. The van der Waals surface area contributed by atoms with Gasteiger partial charge in [0.2, 0.25) is 5.91 Å². The van der Waals surface area contributed by atoms with Crippen LogP contribution in [0.2, 0.25) is 5.02 Å². The van der Waals surface area contributed by atoms with E-state index in [9.17, 15) is 22.8 Å². The maximum atomic E-state index is 13.0. The summed E-state index contributed by atoms with van der Waals surface area (Å²) in [5.74, 6) is -0.713. The number of aromatic nitrogens is 1. The molecule has 0 unspecified atom stereocenters. The molecule has 11 heteroatoms. The lowest BCUT2D eigenvalue weighted by Crippen LogP contribution is -2.23. The van der Waals surface area contributed by atoms with Gasteiger partial charge in [-0.3, -0.25) is 9.69 Å². The Hall–Kier alpha value is -3.11. The molecule has 0 N–H and O–H groups in total. The molecule has 168 valence electrons. The number of nitrogens with zero attached hydrogens (tertiary/aromatic N) is 2. The molecular formula is C21H16ClF3N2O4S. The first-order valence-electron chi connectivity index (χ1n) is 9.10. The minimum atomic E-state index is -4.55. The van der Waals surface area contributed by atoms with E-state index >= 15 is 0 Å². The van der Waals surface area contributed by atoms with Gasteiger partial charge in [0.15, 0.2) is 11.7 Å². The average Bonchev–Trinajstić information content (AvgIpc) is 3.19. The van der Waals surface area contributed by atoms with Crippen LogP contribution < -0.4 is 9.64 Å². The molecule has 0 aliphatic carbocycles. The van der Waals surface area contributed by atoms with Crippen molar-refractivity contribution in [2.75, 3.05) is 11.5 Å². The zero-order valence-corrected chi connectivity index (χ0v) is 18.1. The topological polar surface area (TPSA) is 68.7 Å². The van der Waals surface area contributed by atoms with Crippen molar-refractivity contribution in [2.24, 2.45) is 0 Å². The van der Waals surface area contributed by atoms with Gasteiger partial charge in [0.25, 0.3) is 0 Å². The molecule has 0 radical (unpaired) electrons. The van der Waals surface area contributed by atoms with Crippen molar-refractivity contribution >= 4 is 45.6 Å². The quantitative estimate of drug-likeness (QED) is 0.407. The fraction of sp³-hybridized carbons (Fsp3) is 0.190. The van der Waals surface area contributed by atoms with E-state index in [-0.39, 0.29) is 24.0 Å². The van der Waals surface area contributed by atoms with E-state index in [4.69, 9.17) is 21.1 Å². The number of esters is 1. The molecule has 32 heavy (non-hydrogen) atoms. The van der Waals surface area contributed by atoms with Crippen LogP contribution in [0.25, 0.3) is 0 Å². The smallest absolute Gasteiger partial charge is 0.416 e. The summed E-state index contributed by atoms with van der Waals surface area (Å²) < 4.78 is 49.5. The van der Waals surface area contributed by atoms with Gasteiger partial charge in [0.05, 0.1) is 16.9 Å². The Labute approximate surface area is 190 Å². The Bertz CT molecular complexity index is 1100. The first kappa shape index (κ1) is 23.6. The summed E-state index contributed by atoms with van der Waals surface area (Å²) >= 11 is 6.81. The second-order valence-corrected chi connectivity index (χ2v) is 7.70. The van der Waals surface area contributed by atoms with E-state index in [1.54, 1.807) is 29.6 Å². The van der Waals surface area contributed by atoms with Crippen molar-refractivity contribution in [2.45, 2.75) is 19.7 Å². The molecule has 0 fully saturated rings. The molecule has 0 saturated heterocycles. The largest absolute Gasteiger partial charge is 0.482 e. The molecule has 0 spiro atoms. The van der Waals surface area contributed by atoms with Crippen LogP contribution in [0.1, 0.15) is 18.2 Å². The van der Waals surface area contributed by atoms with Crippen molar-refractivity contribution in [3.8, 4) is 5.75 Å². The van der Waals surface area contributed by atoms with E-state index in [1.807, 2.05) is 0 Å². The summed E-state index contributed by atoms with van der Waals surface area (Å²) in [6, 6.07) is 10.8. The predicted molar refractivity (Wildman–Crippen MR) is 113 cm³/mol. The number of carbonyl (C=O) groups is 2. The van der Waals surface area contributed by atoms with Crippen molar-refractivity contribution in [3.05, 3.63) is 70.2 Å². The minimum absolute atomic E-state index is 0.0292. The van der Waals surface area contributed by atoms with Gasteiger partial charge in [-0.2, -0.15) is 13.2 Å². The molecule has 2 aromatic carbocycles. The second-order valence-electron chi connectivity index (χ2n) is 6.43. The Kier molecular flexibility index (Phi) is 7.37. The van der Waals surface area contributed by atoms with Crippen molar-refractivity contribution < 1.29 is 32.2 Å². The number of hydrogen-bond donors (Lipinski definition) is 0. The van der Waals surface area contributed by atoms with E-state index in [1.165, 1.54) is 19.1 Å². The van der Waals surface area contributed by atoms with Crippen molar-refractivity contribution in [1.29, 1.82) is 0 Å².